The van der Waals surface area contributed by atoms with Crippen molar-refractivity contribution in [3.63, 3.8) is 0 Å². The molecule has 0 unspecified atom stereocenters. The molecule has 0 fully saturated rings. The van der Waals surface area contributed by atoms with Gasteiger partial charge in [0.25, 0.3) is 0 Å². The van der Waals surface area contributed by atoms with Crippen molar-refractivity contribution in [2.45, 2.75) is 20.3 Å². The van der Waals surface area contributed by atoms with E-state index in [0.717, 1.165) is 21.3 Å². The van der Waals surface area contributed by atoms with E-state index in [-0.39, 0.29) is 22.9 Å². The molecule has 1 amide bonds. The highest BCUT2D eigenvalue weighted by Gasteiger charge is 2.14. The van der Waals surface area contributed by atoms with E-state index < -0.39 is 5.82 Å². The lowest BCUT2D eigenvalue weighted by Crippen LogP contribution is -2.17. The number of aryl methyl sites for hydroxylation is 2. The Labute approximate surface area is 136 Å². The number of carbonyl (C=O) groups is 1. The monoisotopic (exact) mass is 369 g/mol. The maximum absolute atomic E-state index is 13.7. The number of rotatable bonds is 3. The van der Waals surface area contributed by atoms with Gasteiger partial charge in [-0.2, -0.15) is 0 Å². The van der Waals surface area contributed by atoms with Gasteiger partial charge < -0.3 is 5.32 Å². The summed E-state index contributed by atoms with van der Waals surface area (Å²) >= 11 is 9.34. The van der Waals surface area contributed by atoms with E-state index >= 15 is 0 Å². The summed E-state index contributed by atoms with van der Waals surface area (Å²) in [5, 5.41) is 3.08. The third kappa shape index (κ3) is 3.83. The molecule has 0 aliphatic heterocycles. The molecule has 0 radical (unpaired) electrons. The van der Waals surface area contributed by atoms with E-state index in [2.05, 4.69) is 21.2 Å². The van der Waals surface area contributed by atoms with Crippen molar-refractivity contribution in [2.75, 3.05) is 5.32 Å². The molecule has 0 aliphatic rings. The first-order valence-electron chi connectivity index (χ1n) is 6.38. The molecule has 0 atom stereocenters. The Bertz CT molecular complexity index is 659. The van der Waals surface area contributed by atoms with Gasteiger partial charge in [0.15, 0.2) is 0 Å². The summed E-state index contributed by atoms with van der Waals surface area (Å²) < 4.78 is 14.6. The summed E-state index contributed by atoms with van der Waals surface area (Å²) in [6.07, 6.45) is -0.0968. The quantitative estimate of drug-likeness (QED) is 0.806. The van der Waals surface area contributed by atoms with Gasteiger partial charge in [0.05, 0.1) is 6.42 Å². The van der Waals surface area contributed by atoms with Crippen LogP contribution in [0.25, 0.3) is 0 Å². The summed E-state index contributed by atoms with van der Waals surface area (Å²) in [5.74, 6) is -0.766. The second-order valence-electron chi connectivity index (χ2n) is 4.84. The van der Waals surface area contributed by atoms with Gasteiger partial charge in [-0.15, -0.1) is 0 Å². The van der Waals surface area contributed by atoms with Crippen molar-refractivity contribution in [1.29, 1.82) is 0 Å². The average molecular weight is 371 g/mol. The molecule has 0 aliphatic carbocycles. The first-order chi connectivity index (χ1) is 9.88. The van der Waals surface area contributed by atoms with Crippen LogP contribution in [0.3, 0.4) is 0 Å². The Hall–Kier alpha value is -1.39. The molecule has 0 bridgehead atoms. The van der Waals surface area contributed by atoms with Gasteiger partial charge in [0.1, 0.15) is 5.82 Å². The highest BCUT2D eigenvalue weighted by molar-refractivity contribution is 9.10. The minimum Gasteiger partial charge on any atom is -0.325 e. The van der Waals surface area contributed by atoms with E-state index in [1.54, 1.807) is 6.07 Å². The predicted octanol–water partition coefficient (Wildman–Crippen LogP) is 5.04. The fourth-order valence-electron chi connectivity index (χ4n) is 2.15. The van der Waals surface area contributed by atoms with E-state index in [4.69, 9.17) is 11.6 Å². The van der Waals surface area contributed by atoms with Crippen LogP contribution in [0.4, 0.5) is 10.1 Å². The van der Waals surface area contributed by atoms with Crippen molar-refractivity contribution in [1.82, 2.24) is 0 Å². The number of hydrogen-bond acceptors (Lipinski definition) is 1. The molecular formula is C16H14BrClFNO. The van der Waals surface area contributed by atoms with Gasteiger partial charge >= 0.3 is 0 Å². The number of anilines is 1. The van der Waals surface area contributed by atoms with E-state index in [1.165, 1.54) is 12.1 Å². The molecule has 2 rings (SSSR count). The van der Waals surface area contributed by atoms with Crippen molar-refractivity contribution in [3.05, 3.63) is 62.3 Å². The van der Waals surface area contributed by atoms with Crippen molar-refractivity contribution < 1.29 is 9.18 Å². The number of halogens is 3. The van der Waals surface area contributed by atoms with Crippen molar-refractivity contribution >= 4 is 39.1 Å². The van der Waals surface area contributed by atoms with Gasteiger partial charge in [0.2, 0.25) is 5.91 Å². The number of benzene rings is 2. The van der Waals surface area contributed by atoms with Crippen LogP contribution >= 0.6 is 27.5 Å². The molecule has 2 aromatic rings. The summed E-state index contributed by atoms with van der Waals surface area (Å²) in [7, 11) is 0. The Kier molecular flexibility index (Phi) is 5.01. The Morgan fingerprint density at radius 2 is 1.90 bits per heavy atom. The highest BCUT2D eigenvalue weighted by Crippen LogP contribution is 2.26. The fourth-order valence-corrected chi connectivity index (χ4v) is 3.07. The largest absolute Gasteiger partial charge is 0.325 e. The predicted molar refractivity (Wildman–Crippen MR) is 87.4 cm³/mol. The molecule has 110 valence electrons. The lowest BCUT2D eigenvalue weighted by molar-refractivity contribution is -0.115. The molecular weight excluding hydrogens is 357 g/mol. The molecule has 0 saturated carbocycles. The SMILES string of the molecule is Cc1cc(Br)cc(C)c1NC(=O)Cc1c(F)cccc1Cl. The Morgan fingerprint density at radius 3 is 2.48 bits per heavy atom. The molecule has 0 spiro atoms. The van der Waals surface area contributed by atoms with Crippen molar-refractivity contribution in [2.24, 2.45) is 0 Å². The molecule has 21 heavy (non-hydrogen) atoms. The molecule has 0 saturated heterocycles. The minimum absolute atomic E-state index is 0.0968. The smallest absolute Gasteiger partial charge is 0.228 e. The van der Waals surface area contributed by atoms with E-state index in [9.17, 15) is 9.18 Å². The van der Waals surface area contributed by atoms with Crippen LogP contribution in [-0.2, 0) is 11.2 Å². The van der Waals surface area contributed by atoms with Crippen LogP contribution < -0.4 is 5.32 Å². The summed E-state index contributed by atoms with van der Waals surface area (Å²) in [5.41, 5.74) is 2.84. The third-order valence-electron chi connectivity index (χ3n) is 3.16. The summed E-state index contributed by atoms with van der Waals surface area (Å²) in [4.78, 5) is 12.1. The Balaban J connectivity index is 2.20. The normalized spacial score (nSPS) is 10.5. The van der Waals surface area contributed by atoms with Gasteiger partial charge in [-0.1, -0.05) is 33.6 Å². The molecule has 0 heterocycles. The second-order valence-corrected chi connectivity index (χ2v) is 6.16. The molecule has 1 N–H and O–H groups in total. The third-order valence-corrected chi connectivity index (χ3v) is 3.97. The molecule has 5 heteroatoms. The summed E-state index contributed by atoms with van der Waals surface area (Å²) in [6.45, 7) is 3.81. The maximum atomic E-state index is 13.7. The van der Waals surface area contributed by atoms with Gasteiger partial charge in [0, 0.05) is 20.7 Å². The molecule has 0 aromatic heterocycles. The average Bonchev–Trinajstić information content (AvgIpc) is 2.38. The lowest BCUT2D eigenvalue weighted by Gasteiger charge is -2.13. The van der Waals surface area contributed by atoms with E-state index in [1.807, 2.05) is 26.0 Å². The van der Waals surface area contributed by atoms with Gasteiger partial charge in [-0.3, -0.25) is 4.79 Å². The van der Waals surface area contributed by atoms with Crippen LogP contribution in [-0.4, -0.2) is 5.91 Å². The lowest BCUT2D eigenvalue weighted by atomic mass is 10.1. The summed E-state index contributed by atoms with van der Waals surface area (Å²) in [6, 6.07) is 8.22. The Morgan fingerprint density at radius 1 is 1.29 bits per heavy atom. The fraction of sp³-hybridized carbons (Fsp3) is 0.188. The molecule has 2 aromatic carbocycles. The maximum Gasteiger partial charge on any atom is 0.228 e. The standard InChI is InChI=1S/C16H14BrClFNO/c1-9-6-11(17)7-10(2)16(9)20-15(21)8-12-13(18)4-3-5-14(12)19/h3-7H,8H2,1-2H3,(H,20,21). The number of carbonyl (C=O) groups excluding carboxylic acids is 1. The first-order valence-corrected chi connectivity index (χ1v) is 7.55. The zero-order chi connectivity index (χ0) is 15.6. The first kappa shape index (κ1) is 16.0. The zero-order valence-electron chi connectivity index (χ0n) is 11.6. The minimum atomic E-state index is -0.470. The number of nitrogens with one attached hydrogen (secondary N) is 1. The van der Waals surface area contributed by atoms with Crippen LogP contribution in [0.15, 0.2) is 34.8 Å². The van der Waals surface area contributed by atoms with Crippen LogP contribution in [0.1, 0.15) is 16.7 Å². The topological polar surface area (TPSA) is 29.1 Å². The van der Waals surface area contributed by atoms with Gasteiger partial charge in [-0.05, 0) is 49.2 Å². The van der Waals surface area contributed by atoms with Crippen LogP contribution in [0.5, 0.6) is 0 Å². The zero-order valence-corrected chi connectivity index (χ0v) is 14.0. The van der Waals surface area contributed by atoms with E-state index in [0.29, 0.717) is 0 Å². The van der Waals surface area contributed by atoms with Gasteiger partial charge in [-0.25, -0.2) is 4.39 Å². The highest BCUT2D eigenvalue weighted by atomic mass is 79.9. The second kappa shape index (κ2) is 6.58. The number of amides is 1. The molecule has 2 nitrogen and oxygen atoms in total. The van der Waals surface area contributed by atoms with Crippen molar-refractivity contribution in [3.8, 4) is 0 Å². The number of hydrogen-bond donors (Lipinski definition) is 1. The van der Waals surface area contributed by atoms with Crippen LogP contribution in [0, 0.1) is 19.7 Å². The van der Waals surface area contributed by atoms with Crippen LogP contribution in [0.2, 0.25) is 5.02 Å².